The maximum Gasteiger partial charge on any atom is 0.244 e. The topological polar surface area (TPSA) is 79.4 Å². The lowest BCUT2D eigenvalue weighted by Gasteiger charge is -2.26. The van der Waals surface area contributed by atoms with Crippen molar-refractivity contribution in [3.05, 3.63) is 53.7 Å². The summed E-state index contributed by atoms with van der Waals surface area (Å²) in [6.07, 6.45) is 4.40. The number of thioether (sulfide) groups is 1. The van der Waals surface area contributed by atoms with Crippen molar-refractivity contribution in [1.29, 1.82) is 0 Å². The molecule has 1 N–H and O–H groups in total. The van der Waals surface area contributed by atoms with E-state index in [9.17, 15) is 13.2 Å². The third kappa shape index (κ3) is 4.69. The van der Waals surface area contributed by atoms with Gasteiger partial charge in [-0.15, -0.1) is 0 Å². The summed E-state index contributed by atoms with van der Waals surface area (Å²) in [6.45, 7) is 0. The van der Waals surface area contributed by atoms with Crippen LogP contribution in [0.15, 0.2) is 52.5 Å². The van der Waals surface area contributed by atoms with E-state index in [4.69, 9.17) is 0 Å². The van der Waals surface area contributed by atoms with E-state index in [1.54, 1.807) is 6.07 Å². The van der Waals surface area contributed by atoms with Crippen molar-refractivity contribution in [3.8, 4) is 0 Å². The number of benzene rings is 1. The highest BCUT2D eigenvalue weighted by atomic mass is 32.2. The highest BCUT2D eigenvalue weighted by molar-refractivity contribution is 7.99. The number of carbonyl (C=O) groups is 1. The molecule has 1 atom stereocenters. The van der Waals surface area contributed by atoms with Crippen LogP contribution in [0.25, 0.3) is 0 Å². The molecule has 0 saturated carbocycles. The van der Waals surface area contributed by atoms with Gasteiger partial charge in [0.1, 0.15) is 4.90 Å². The summed E-state index contributed by atoms with van der Waals surface area (Å²) >= 11 is 1.29. The Balaban J connectivity index is 1.57. The number of pyridine rings is 1. The van der Waals surface area contributed by atoms with Gasteiger partial charge in [-0.3, -0.25) is 4.79 Å². The molecule has 0 radical (unpaired) electrons. The lowest BCUT2D eigenvalue weighted by Crippen LogP contribution is -2.32. The average molecular weight is 406 g/mol. The molecule has 0 fully saturated rings. The molecule has 1 aromatic carbocycles. The summed E-state index contributed by atoms with van der Waals surface area (Å²) in [5.74, 6) is 0.194. The van der Waals surface area contributed by atoms with E-state index in [0.717, 1.165) is 23.6 Å². The zero-order chi connectivity index (χ0) is 19.4. The molecule has 144 valence electrons. The Morgan fingerprint density at radius 1 is 1.26 bits per heavy atom. The van der Waals surface area contributed by atoms with Crippen LogP contribution in [0.1, 0.15) is 30.0 Å². The van der Waals surface area contributed by atoms with Crippen molar-refractivity contribution < 1.29 is 13.2 Å². The predicted octanol–water partition coefficient (Wildman–Crippen LogP) is 2.62. The fourth-order valence-electron chi connectivity index (χ4n) is 3.09. The van der Waals surface area contributed by atoms with Crippen molar-refractivity contribution in [1.82, 2.24) is 14.6 Å². The summed E-state index contributed by atoms with van der Waals surface area (Å²) in [5.41, 5.74) is 2.51. The van der Waals surface area contributed by atoms with Gasteiger partial charge in [0.25, 0.3) is 0 Å². The van der Waals surface area contributed by atoms with Crippen molar-refractivity contribution in [3.63, 3.8) is 0 Å². The molecule has 6 nitrogen and oxygen atoms in total. The normalized spacial score (nSPS) is 16.8. The molecule has 0 spiro atoms. The van der Waals surface area contributed by atoms with Crippen LogP contribution >= 0.6 is 11.8 Å². The van der Waals surface area contributed by atoms with Crippen molar-refractivity contribution >= 4 is 27.7 Å². The molecule has 2 aromatic rings. The summed E-state index contributed by atoms with van der Waals surface area (Å²) in [7, 11) is -0.534. The maximum atomic E-state index is 12.3. The van der Waals surface area contributed by atoms with Crippen molar-refractivity contribution in [2.75, 3.05) is 19.8 Å². The number of fused-ring (bicyclic) bond motifs is 1. The number of aryl methyl sites for hydroxylation is 1. The van der Waals surface area contributed by atoms with Gasteiger partial charge in [-0.1, -0.05) is 36.0 Å². The fourth-order valence-corrected chi connectivity index (χ4v) is 4.60. The first-order chi connectivity index (χ1) is 12.9. The van der Waals surface area contributed by atoms with E-state index in [1.807, 2.05) is 12.1 Å². The van der Waals surface area contributed by atoms with Gasteiger partial charge in [0.15, 0.2) is 0 Å². The molecule has 1 aromatic heterocycles. The Hall–Kier alpha value is -1.90. The van der Waals surface area contributed by atoms with E-state index in [0.29, 0.717) is 5.03 Å². The zero-order valence-electron chi connectivity index (χ0n) is 15.4. The second kappa shape index (κ2) is 8.41. The van der Waals surface area contributed by atoms with Crippen molar-refractivity contribution in [2.24, 2.45) is 0 Å². The second-order valence-electron chi connectivity index (χ2n) is 6.62. The fraction of sp³-hybridized carbons (Fsp3) is 0.368. The highest BCUT2D eigenvalue weighted by Gasteiger charge is 2.21. The van der Waals surface area contributed by atoms with Gasteiger partial charge in [0.05, 0.1) is 16.8 Å². The molecule has 1 amide bonds. The lowest BCUT2D eigenvalue weighted by molar-refractivity contribution is -0.119. The Kier molecular flexibility index (Phi) is 6.18. The molecule has 0 bridgehead atoms. The van der Waals surface area contributed by atoms with Gasteiger partial charge >= 0.3 is 0 Å². The number of hydrogen-bond donors (Lipinski definition) is 1. The predicted molar refractivity (Wildman–Crippen MR) is 106 cm³/mol. The number of hydrogen-bond acceptors (Lipinski definition) is 5. The maximum absolute atomic E-state index is 12.3. The van der Waals surface area contributed by atoms with E-state index < -0.39 is 10.0 Å². The summed E-state index contributed by atoms with van der Waals surface area (Å²) in [5, 5.41) is 3.72. The Bertz CT molecular complexity index is 912. The van der Waals surface area contributed by atoms with Crippen LogP contribution in [0.5, 0.6) is 0 Å². The molecule has 0 saturated heterocycles. The Morgan fingerprint density at radius 3 is 2.74 bits per heavy atom. The zero-order valence-corrected chi connectivity index (χ0v) is 17.0. The van der Waals surface area contributed by atoms with Crippen LogP contribution in [0, 0.1) is 0 Å². The monoisotopic (exact) mass is 405 g/mol. The van der Waals surface area contributed by atoms with Crippen LogP contribution in [0.3, 0.4) is 0 Å². The number of amides is 1. The first-order valence-corrected chi connectivity index (χ1v) is 11.2. The number of aromatic nitrogens is 1. The van der Waals surface area contributed by atoms with Crippen LogP contribution in [-0.4, -0.2) is 43.5 Å². The minimum Gasteiger partial charge on any atom is -0.349 e. The van der Waals surface area contributed by atoms with Gasteiger partial charge in [-0.2, -0.15) is 0 Å². The van der Waals surface area contributed by atoms with Crippen LogP contribution in [0.2, 0.25) is 0 Å². The van der Waals surface area contributed by atoms with Gasteiger partial charge in [-0.25, -0.2) is 17.7 Å². The molecule has 1 aliphatic rings. The van der Waals surface area contributed by atoms with Gasteiger partial charge < -0.3 is 5.32 Å². The van der Waals surface area contributed by atoms with Crippen molar-refractivity contribution in [2.45, 2.75) is 35.2 Å². The minimum atomic E-state index is -3.49. The Morgan fingerprint density at radius 2 is 2.04 bits per heavy atom. The number of rotatable bonds is 6. The van der Waals surface area contributed by atoms with E-state index in [1.165, 1.54) is 49.2 Å². The van der Waals surface area contributed by atoms with Gasteiger partial charge in [-0.05, 0) is 42.5 Å². The molecular weight excluding hydrogens is 382 g/mol. The van der Waals surface area contributed by atoms with Gasteiger partial charge in [0.2, 0.25) is 15.9 Å². The van der Waals surface area contributed by atoms with Crippen LogP contribution < -0.4 is 5.32 Å². The highest BCUT2D eigenvalue weighted by Crippen LogP contribution is 2.29. The SMILES string of the molecule is CN(C)S(=O)(=O)c1ccc(SCC(=O)NC2CCCc3ccccc32)nc1. The number of nitrogens with zero attached hydrogens (tertiary/aromatic N) is 2. The second-order valence-corrected chi connectivity index (χ2v) is 9.77. The molecule has 1 unspecified atom stereocenters. The number of sulfonamides is 1. The smallest absolute Gasteiger partial charge is 0.244 e. The third-order valence-corrected chi connectivity index (χ3v) is 7.29. The largest absolute Gasteiger partial charge is 0.349 e. The molecular formula is C19H23N3O3S2. The molecule has 1 heterocycles. The summed E-state index contributed by atoms with van der Waals surface area (Å²) < 4.78 is 25.2. The Labute approximate surface area is 164 Å². The molecule has 0 aliphatic heterocycles. The third-order valence-electron chi connectivity index (χ3n) is 4.54. The molecule has 8 heteroatoms. The molecule has 1 aliphatic carbocycles. The molecule has 27 heavy (non-hydrogen) atoms. The average Bonchev–Trinajstić information content (AvgIpc) is 2.67. The van der Waals surface area contributed by atoms with Gasteiger partial charge in [0, 0.05) is 20.3 Å². The van der Waals surface area contributed by atoms with E-state index in [-0.39, 0.29) is 22.6 Å². The first-order valence-electron chi connectivity index (χ1n) is 8.76. The first kappa shape index (κ1) is 19.9. The standard InChI is InChI=1S/C19H23N3O3S2/c1-22(2)27(24,25)15-10-11-19(20-12-15)26-13-18(23)21-17-9-5-7-14-6-3-4-8-16(14)17/h3-4,6,8,10-12,17H,5,7,9,13H2,1-2H3,(H,21,23). The number of carbonyl (C=O) groups excluding carboxylic acids is 1. The quantitative estimate of drug-likeness (QED) is 0.748. The van der Waals surface area contributed by atoms with E-state index in [2.05, 4.69) is 22.4 Å². The lowest BCUT2D eigenvalue weighted by atomic mass is 9.88. The number of nitrogens with one attached hydrogen (secondary N) is 1. The van der Waals surface area contributed by atoms with Crippen LogP contribution in [-0.2, 0) is 21.2 Å². The van der Waals surface area contributed by atoms with Crippen LogP contribution in [0.4, 0.5) is 0 Å². The summed E-state index contributed by atoms with van der Waals surface area (Å²) in [4.78, 5) is 16.6. The minimum absolute atomic E-state index is 0.0477. The summed E-state index contributed by atoms with van der Waals surface area (Å²) in [6, 6.07) is 11.4. The van der Waals surface area contributed by atoms with E-state index >= 15 is 0 Å². The molecule has 3 rings (SSSR count).